The van der Waals surface area contributed by atoms with Crippen LogP contribution < -0.4 is 14.8 Å². The standard InChI is InChI=1S/C40H33N5O6S/c1-26(38(46)43-29-17-21-32(22-18-29)52(48,49)45-40-41-23-8-24-42-40)50-39(47)36-33-12-5-6-14-35(33)44-37-28(9-7-13-34(36)37)25-27-15-19-31(20-16-27)51-30-10-3-2-4-11-30/h2-6,8,10-12,14-26H,7,9,13H2,1H3,(H,43,46)(H,41,42,45)/b28-25-. The summed E-state index contributed by atoms with van der Waals surface area (Å²) in [6.07, 6.45) is 5.98. The van der Waals surface area contributed by atoms with E-state index in [1.54, 1.807) is 6.07 Å². The molecule has 2 heterocycles. The molecule has 0 fully saturated rings. The van der Waals surface area contributed by atoms with Crippen LogP contribution >= 0.6 is 0 Å². The zero-order valence-electron chi connectivity index (χ0n) is 28.0. The molecular formula is C40H33N5O6S. The number of ether oxygens (including phenoxy) is 2. The lowest BCUT2D eigenvalue weighted by Gasteiger charge is -2.23. The Balaban J connectivity index is 1.08. The van der Waals surface area contributed by atoms with E-state index in [2.05, 4.69) is 26.1 Å². The first-order chi connectivity index (χ1) is 25.2. The van der Waals surface area contributed by atoms with E-state index in [9.17, 15) is 18.0 Å². The Kier molecular flexibility index (Phi) is 9.72. The molecule has 52 heavy (non-hydrogen) atoms. The molecule has 12 heteroatoms. The number of fused-ring (bicyclic) bond motifs is 2. The van der Waals surface area contributed by atoms with E-state index in [0.29, 0.717) is 28.6 Å². The second kappa shape index (κ2) is 14.8. The number of amides is 1. The van der Waals surface area contributed by atoms with Crippen LogP contribution in [0.1, 0.15) is 46.9 Å². The van der Waals surface area contributed by atoms with Crippen molar-refractivity contribution in [1.82, 2.24) is 15.0 Å². The molecule has 4 aromatic carbocycles. The lowest BCUT2D eigenvalue weighted by atomic mass is 9.86. The normalized spacial score (nSPS) is 13.9. The highest BCUT2D eigenvalue weighted by Gasteiger charge is 2.28. The first-order valence-electron chi connectivity index (χ1n) is 16.6. The summed E-state index contributed by atoms with van der Waals surface area (Å²) < 4.78 is 39.5. The summed E-state index contributed by atoms with van der Waals surface area (Å²) >= 11 is 0. The summed E-state index contributed by atoms with van der Waals surface area (Å²) in [6.45, 7) is 1.49. The Bertz CT molecular complexity index is 2390. The lowest BCUT2D eigenvalue weighted by Crippen LogP contribution is -2.30. The van der Waals surface area contributed by atoms with Crippen LogP contribution in [0.25, 0.3) is 22.6 Å². The summed E-state index contributed by atoms with van der Waals surface area (Å²) in [5.74, 6) is 0.212. The number of allylic oxidation sites excluding steroid dienone is 1. The van der Waals surface area contributed by atoms with Gasteiger partial charge in [-0.25, -0.2) is 32.9 Å². The Morgan fingerprint density at radius 2 is 1.50 bits per heavy atom. The molecule has 0 bridgehead atoms. The maximum Gasteiger partial charge on any atom is 0.339 e. The number of anilines is 2. The number of para-hydroxylation sites is 2. The molecule has 0 saturated carbocycles. The molecule has 0 saturated heterocycles. The highest BCUT2D eigenvalue weighted by Crippen LogP contribution is 2.37. The van der Waals surface area contributed by atoms with E-state index in [-0.39, 0.29) is 10.8 Å². The van der Waals surface area contributed by atoms with E-state index in [1.807, 2.05) is 78.9 Å². The summed E-state index contributed by atoms with van der Waals surface area (Å²) in [5.41, 5.74) is 4.85. The van der Waals surface area contributed by atoms with Gasteiger partial charge in [0.1, 0.15) is 11.5 Å². The third-order valence-electron chi connectivity index (χ3n) is 8.45. The smallest absolute Gasteiger partial charge is 0.339 e. The Labute approximate surface area is 300 Å². The number of carbonyl (C=O) groups excluding carboxylic acids is 2. The molecule has 1 atom stereocenters. The van der Waals surface area contributed by atoms with Gasteiger partial charge in [0.15, 0.2) is 6.10 Å². The molecule has 2 N–H and O–H groups in total. The predicted molar refractivity (Wildman–Crippen MR) is 198 cm³/mol. The van der Waals surface area contributed by atoms with Gasteiger partial charge in [-0.15, -0.1) is 0 Å². The molecule has 0 spiro atoms. The van der Waals surface area contributed by atoms with Gasteiger partial charge in [0.05, 0.1) is 21.7 Å². The van der Waals surface area contributed by atoms with Gasteiger partial charge in [0.2, 0.25) is 5.95 Å². The minimum Gasteiger partial charge on any atom is -0.457 e. The lowest BCUT2D eigenvalue weighted by molar-refractivity contribution is -0.123. The SMILES string of the molecule is CC(OC(=O)c1c2c(nc3ccccc13)/C(=C\c1ccc(Oc3ccccc3)cc1)CCC2)C(=O)Nc1ccc(S(=O)(=O)Nc2ncccn2)cc1. The molecule has 1 aliphatic rings. The minimum atomic E-state index is -3.95. The second-order valence-electron chi connectivity index (χ2n) is 12.1. The van der Waals surface area contributed by atoms with Crippen LogP contribution in [0.2, 0.25) is 0 Å². The topological polar surface area (TPSA) is 149 Å². The third kappa shape index (κ3) is 7.67. The number of rotatable bonds is 10. The number of sulfonamides is 1. The number of esters is 1. The van der Waals surface area contributed by atoms with Crippen LogP contribution in [0.4, 0.5) is 11.6 Å². The third-order valence-corrected chi connectivity index (χ3v) is 9.80. The van der Waals surface area contributed by atoms with Gasteiger partial charge >= 0.3 is 5.97 Å². The first kappa shape index (κ1) is 34.1. The molecule has 0 aliphatic heterocycles. The molecular weight excluding hydrogens is 679 g/mol. The van der Waals surface area contributed by atoms with Gasteiger partial charge in [-0.05, 0) is 110 Å². The van der Waals surface area contributed by atoms with Crippen molar-refractivity contribution < 1.29 is 27.5 Å². The van der Waals surface area contributed by atoms with Crippen LogP contribution in [-0.4, -0.2) is 41.4 Å². The van der Waals surface area contributed by atoms with Crippen molar-refractivity contribution in [3.05, 3.63) is 144 Å². The predicted octanol–water partition coefficient (Wildman–Crippen LogP) is 7.68. The Hall–Kier alpha value is -6.40. The number of aromatic nitrogens is 3. The van der Waals surface area contributed by atoms with Crippen molar-refractivity contribution in [2.45, 2.75) is 37.2 Å². The number of carbonyl (C=O) groups is 2. The van der Waals surface area contributed by atoms with Crippen molar-refractivity contribution in [3.8, 4) is 11.5 Å². The van der Waals surface area contributed by atoms with Gasteiger partial charge in [-0.1, -0.05) is 48.5 Å². The highest BCUT2D eigenvalue weighted by molar-refractivity contribution is 7.92. The van der Waals surface area contributed by atoms with E-state index in [1.165, 1.54) is 43.6 Å². The first-order valence-corrected chi connectivity index (χ1v) is 18.1. The summed E-state index contributed by atoms with van der Waals surface area (Å²) in [7, 11) is -3.95. The van der Waals surface area contributed by atoms with Crippen LogP contribution in [0.15, 0.2) is 126 Å². The number of nitrogens with one attached hydrogen (secondary N) is 2. The van der Waals surface area contributed by atoms with Crippen LogP contribution in [0.5, 0.6) is 11.5 Å². The molecule has 2 aromatic heterocycles. The molecule has 1 unspecified atom stereocenters. The average molecular weight is 712 g/mol. The van der Waals surface area contributed by atoms with E-state index in [4.69, 9.17) is 14.5 Å². The number of nitrogens with zero attached hydrogens (tertiary/aromatic N) is 3. The van der Waals surface area contributed by atoms with Crippen molar-refractivity contribution in [2.24, 2.45) is 0 Å². The summed E-state index contributed by atoms with van der Waals surface area (Å²) in [6, 6.07) is 31.9. The van der Waals surface area contributed by atoms with Crippen molar-refractivity contribution in [2.75, 3.05) is 10.0 Å². The minimum absolute atomic E-state index is 0.0470. The summed E-state index contributed by atoms with van der Waals surface area (Å²) in [4.78, 5) is 39.8. The maximum absolute atomic E-state index is 13.9. The monoisotopic (exact) mass is 711 g/mol. The summed E-state index contributed by atoms with van der Waals surface area (Å²) in [5, 5.41) is 3.34. The van der Waals surface area contributed by atoms with E-state index < -0.39 is 28.0 Å². The van der Waals surface area contributed by atoms with Crippen LogP contribution in [0, 0.1) is 0 Å². The van der Waals surface area contributed by atoms with E-state index >= 15 is 0 Å². The van der Waals surface area contributed by atoms with Gasteiger partial charge in [0.25, 0.3) is 15.9 Å². The second-order valence-corrected chi connectivity index (χ2v) is 13.8. The molecule has 0 radical (unpaired) electrons. The van der Waals surface area contributed by atoms with Crippen molar-refractivity contribution in [3.63, 3.8) is 0 Å². The fourth-order valence-corrected chi connectivity index (χ4v) is 6.89. The molecule has 11 nitrogen and oxygen atoms in total. The number of hydrogen-bond acceptors (Lipinski definition) is 9. The van der Waals surface area contributed by atoms with Crippen LogP contribution in [0.3, 0.4) is 0 Å². The largest absolute Gasteiger partial charge is 0.457 e. The molecule has 6 aromatic rings. The van der Waals surface area contributed by atoms with Gasteiger partial charge in [-0.3, -0.25) is 4.79 Å². The molecule has 1 aliphatic carbocycles. The number of hydrogen-bond donors (Lipinski definition) is 2. The number of pyridine rings is 1. The highest BCUT2D eigenvalue weighted by atomic mass is 32.2. The van der Waals surface area contributed by atoms with Crippen molar-refractivity contribution in [1.29, 1.82) is 0 Å². The van der Waals surface area contributed by atoms with Crippen molar-refractivity contribution >= 4 is 56.1 Å². The molecule has 260 valence electrons. The zero-order chi connectivity index (χ0) is 36.1. The average Bonchev–Trinajstić information content (AvgIpc) is 3.15. The quantitative estimate of drug-likeness (QED) is 0.136. The molecule has 7 rings (SSSR count). The Morgan fingerprint density at radius 1 is 0.808 bits per heavy atom. The Morgan fingerprint density at radius 3 is 2.25 bits per heavy atom. The number of benzene rings is 4. The van der Waals surface area contributed by atoms with Gasteiger partial charge < -0.3 is 14.8 Å². The molecule has 1 amide bonds. The van der Waals surface area contributed by atoms with Gasteiger partial charge in [0, 0.05) is 23.5 Å². The van der Waals surface area contributed by atoms with Gasteiger partial charge in [-0.2, -0.15) is 0 Å². The maximum atomic E-state index is 13.9. The fourth-order valence-electron chi connectivity index (χ4n) is 5.93. The van der Waals surface area contributed by atoms with Crippen LogP contribution in [-0.2, 0) is 26.0 Å². The van der Waals surface area contributed by atoms with E-state index in [0.717, 1.165) is 46.7 Å². The fraction of sp³-hybridized carbons (Fsp3) is 0.125. The zero-order valence-corrected chi connectivity index (χ0v) is 28.8.